The average molecular weight is 176 g/mol. The Kier molecular flexibility index (Phi) is 4.96. The van der Waals surface area contributed by atoms with Crippen molar-refractivity contribution in [1.29, 1.82) is 0 Å². The van der Waals surface area contributed by atoms with Gasteiger partial charge in [0.05, 0.1) is 0 Å². The summed E-state index contributed by atoms with van der Waals surface area (Å²) < 4.78 is 0. The zero-order valence-electron chi connectivity index (χ0n) is 7.19. The SMILES string of the molecule is ClCCN1CCCCCCC1. The number of alkyl halides is 1. The fraction of sp³-hybridized carbons (Fsp3) is 1.00. The van der Waals surface area contributed by atoms with Gasteiger partial charge >= 0.3 is 0 Å². The van der Waals surface area contributed by atoms with E-state index < -0.39 is 0 Å². The molecule has 0 saturated carbocycles. The number of hydrogen-bond donors (Lipinski definition) is 0. The molecule has 1 aliphatic rings. The van der Waals surface area contributed by atoms with Crippen LogP contribution in [0.15, 0.2) is 0 Å². The van der Waals surface area contributed by atoms with Gasteiger partial charge in [-0.3, -0.25) is 0 Å². The van der Waals surface area contributed by atoms with E-state index >= 15 is 0 Å². The first kappa shape index (κ1) is 9.34. The van der Waals surface area contributed by atoms with E-state index in [0.29, 0.717) is 0 Å². The summed E-state index contributed by atoms with van der Waals surface area (Å²) >= 11 is 5.69. The van der Waals surface area contributed by atoms with E-state index in [2.05, 4.69) is 4.90 Å². The maximum atomic E-state index is 5.69. The predicted molar refractivity (Wildman–Crippen MR) is 50.2 cm³/mol. The van der Waals surface area contributed by atoms with Crippen molar-refractivity contribution in [1.82, 2.24) is 4.90 Å². The molecule has 1 aliphatic heterocycles. The van der Waals surface area contributed by atoms with Gasteiger partial charge in [0, 0.05) is 12.4 Å². The maximum Gasteiger partial charge on any atom is 0.0351 e. The van der Waals surface area contributed by atoms with Crippen molar-refractivity contribution in [2.75, 3.05) is 25.5 Å². The number of hydrogen-bond acceptors (Lipinski definition) is 1. The van der Waals surface area contributed by atoms with Crippen LogP contribution in [0.4, 0.5) is 0 Å². The molecule has 0 aromatic rings. The summed E-state index contributed by atoms with van der Waals surface area (Å²) in [6.45, 7) is 3.63. The molecular weight excluding hydrogens is 158 g/mol. The van der Waals surface area contributed by atoms with Gasteiger partial charge in [0.15, 0.2) is 0 Å². The minimum atomic E-state index is 0.792. The van der Waals surface area contributed by atoms with Crippen molar-refractivity contribution in [3.05, 3.63) is 0 Å². The third kappa shape index (κ3) is 3.97. The highest BCUT2D eigenvalue weighted by Gasteiger charge is 2.05. The Labute approximate surface area is 74.7 Å². The van der Waals surface area contributed by atoms with Gasteiger partial charge < -0.3 is 4.90 Å². The second-order valence-electron chi connectivity index (χ2n) is 3.30. The molecule has 1 heterocycles. The van der Waals surface area contributed by atoms with Gasteiger partial charge in [0.25, 0.3) is 0 Å². The van der Waals surface area contributed by atoms with E-state index in [-0.39, 0.29) is 0 Å². The summed E-state index contributed by atoms with van der Waals surface area (Å²) in [4.78, 5) is 2.49. The molecule has 66 valence electrons. The Balaban J connectivity index is 2.15. The van der Waals surface area contributed by atoms with Gasteiger partial charge in [-0.05, 0) is 25.9 Å². The highest BCUT2D eigenvalue weighted by molar-refractivity contribution is 6.18. The second-order valence-corrected chi connectivity index (χ2v) is 3.68. The van der Waals surface area contributed by atoms with Crippen LogP contribution in [0, 0.1) is 0 Å². The van der Waals surface area contributed by atoms with Crippen LogP contribution >= 0.6 is 11.6 Å². The molecule has 1 nitrogen and oxygen atoms in total. The van der Waals surface area contributed by atoms with E-state index in [1.165, 1.54) is 45.2 Å². The predicted octanol–water partition coefficient (Wildman–Crippen LogP) is 2.49. The largest absolute Gasteiger partial charge is 0.302 e. The Bertz CT molecular complexity index is 87.6. The van der Waals surface area contributed by atoms with Crippen molar-refractivity contribution in [2.24, 2.45) is 0 Å². The van der Waals surface area contributed by atoms with Gasteiger partial charge in [-0.25, -0.2) is 0 Å². The molecule has 0 aromatic heterocycles. The van der Waals surface area contributed by atoms with Gasteiger partial charge in [-0.2, -0.15) is 0 Å². The molecule has 1 saturated heterocycles. The number of likely N-dealkylation sites (tertiary alicyclic amines) is 1. The van der Waals surface area contributed by atoms with Crippen molar-refractivity contribution in [3.63, 3.8) is 0 Å². The third-order valence-corrected chi connectivity index (χ3v) is 2.52. The minimum Gasteiger partial charge on any atom is -0.302 e. The zero-order chi connectivity index (χ0) is 7.94. The first-order valence-corrected chi connectivity index (χ1v) is 5.25. The minimum absolute atomic E-state index is 0.792. The lowest BCUT2D eigenvalue weighted by atomic mass is 10.1. The van der Waals surface area contributed by atoms with E-state index in [0.717, 1.165) is 12.4 Å². The lowest BCUT2D eigenvalue weighted by Crippen LogP contribution is -2.29. The van der Waals surface area contributed by atoms with Gasteiger partial charge in [0.1, 0.15) is 0 Å². The summed E-state index contributed by atoms with van der Waals surface area (Å²) in [6.07, 6.45) is 7.01. The van der Waals surface area contributed by atoms with Crippen LogP contribution in [0.2, 0.25) is 0 Å². The number of halogens is 1. The highest BCUT2D eigenvalue weighted by atomic mass is 35.5. The fourth-order valence-corrected chi connectivity index (χ4v) is 1.90. The molecule has 1 fully saturated rings. The van der Waals surface area contributed by atoms with Crippen molar-refractivity contribution < 1.29 is 0 Å². The van der Waals surface area contributed by atoms with Gasteiger partial charge in [-0.1, -0.05) is 19.3 Å². The van der Waals surface area contributed by atoms with Crippen LogP contribution in [0.1, 0.15) is 32.1 Å². The van der Waals surface area contributed by atoms with Crippen LogP contribution in [0.3, 0.4) is 0 Å². The monoisotopic (exact) mass is 175 g/mol. The summed E-state index contributed by atoms with van der Waals surface area (Å²) in [7, 11) is 0. The second kappa shape index (κ2) is 5.84. The topological polar surface area (TPSA) is 3.24 Å². The van der Waals surface area contributed by atoms with E-state index in [9.17, 15) is 0 Å². The van der Waals surface area contributed by atoms with Crippen LogP contribution in [0.25, 0.3) is 0 Å². The first-order valence-electron chi connectivity index (χ1n) is 4.72. The maximum absolute atomic E-state index is 5.69. The molecule has 0 N–H and O–H groups in total. The molecule has 0 unspecified atom stereocenters. The summed E-state index contributed by atoms with van der Waals surface area (Å²) in [5, 5.41) is 0. The Morgan fingerprint density at radius 1 is 0.909 bits per heavy atom. The van der Waals surface area contributed by atoms with Crippen molar-refractivity contribution >= 4 is 11.6 Å². The van der Waals surface area contributed by atoms with Crippen molar-refractivity contribution in [3.8, 4) is 0 Å². The molecule has 0 atom stereocenters. The van der Waals surface area contributed by atoms with Crippen LogP contribution in [-0.2, 0) is 0 Å². The van der Waals surface area contributed by atoms with Crippen molar-refractivity contribution in [2.45, 2.75) is 32.1 Å². The quantitative estimate of drug-likeness (QED) is 0.583. The molecule has 11 heavy (non-hydrogen) atoms. The smallest absolute Gasteiger partial charge is 0.0351 e. The van der Waals surface area contributed by atoms with Gasteiger partial charge in [0.2, 0.25) is 0 Å². The zero-order valence-corrected chi connectivity index (χ0v) is 7.95. The molecule has 0 aromatic carbocycles. The summed E-state index contributed by atoms with van der Waals surface area (Å²) in [5.41, 5.74) is 0. The van der Waals surface area contributed by atoms with Crippen LogP contribution in [0.5, 0.6) is 0 Å². The molecule has 0 aliphatic carbocycles. The van der Waals surface area contributed by atoms with E-state index in [1.807, 2.05) is 0 Å². The molecule has 0 spiro atoms. The molecule has 0 radical (unpaired) electrons. The van der Waals surface area contributed by atoms with Crippen LogP contribution < -0.4 is 0 Å². The molecule has 1 rings (SSSR count). The summed E-state index contributed by atoms with van der Waals surface area (Å²) in [5.74, 6) is 0.792. The number of rotatable bonds is 2. The lowest BCUT2D eigenvalue weighted by Gasteiger charge is -2.23. The number of nitrogens with zero attached hydrogens (tertiary/aromatic N) is 1. The molecule has 2 heteroatoms. The lowest BCUT2D eigenvalue weighted by molar-refractivity contribution is 0.261. The standard InChI is InChI=1S/C9H18ClN/c10-6-9-11-7-4-2-1-3-5-8-11/h1-9H2. The molecular formula is C9H18ClN. The first-order chi connectivity index (χ1) is 5.43. The average Bonchev–Trinajstić information content (AvgIpc) is 1.94. The summed E-state index contributed by atoms with van der Waals surface area (Å²) in [6, 6.07) is 0. The normalized spacial score (nSPS) is 22.6. The van der Waals surface area contributed by atoms with Gasteiger partial charge in [-0.15, -0.1) is 11.6 Å². The Morgan fingerprint density at radius 2 is 1.45 bits per heavy atom. The third-order valence-electron chi connectivity index (χ3n) is 2.35. The van der Waals surface area contributed by atoms with E-state index in [4.69, 9.17) is 11.6 Å². The molecule has 0 bridgehead atoms. The highest BCUT2D eigenvalue weighted by Crippen LogP contribution is 2.09. The Morgan fingerprint density at radius 3 is 2.00 bits per heavy atom. The Hall–Kier alpha value is 0.250. The molecule has 0 amide bonds. The van der Waals surface area contributed by atoms with E-state index in [1.54, 1.807) is 0 Å². The van der Waals surface area contributed by atoms with Crippen LogP contribution in [-0.4, -0.2) is 30.4 Å². The fourth-order valence-electron chi connectivity index (χ4n) is 1.66.